The summed E-state index contributed by atoms with van der Waals surface area (Å²) in [5, 5.41) is 12.0. The molecule has 0 aliphatic carbocycles. The number of nitrogens with two attached hydrogens (primary N) is 1. The van der Waals surface area contributed by atoms with E-state index in [1.165, 1.54) is 16.4 Å². The van der Waals surface area contributed by atoms with E-state index in [1.807, 2.05) is 43.3 Å². The molecule has 3 aromatic rings. The predicted molar refractivity (Wildman–Crippen MR) is 101 cm³/mol. The standard InChI is InChI=1S/C17H16ClN5OS/c1-11-4-2-7-14(8-11)20-15(24)10-25-17-22-21-16(23(17)19)12-5-3-6-13(18)9-12/h2-9H,10,19H2,1H3,(H,20,24). The van der Waals surface area contributed by atoms with Crippen molar-refractivity contribution in [3.05, 3.63) is 59.1 Å². The first-order valence-electron chi connectivity index (χ1n) is 7.48. The minimum Gasteiger partial charge on any atom is -0.335 e. The zero-order valence-corrected chi connectivity index (χ0v) is 15.0. The number of rotatable bonds is 5. The lowest BCUT2D eigenvalue weighted by atomic mass is 10.2. The fourth-order valence-corrected chi connectivity index (χ4v) is 3.10. The number of carbonyl (C=O) groups is 1. The lowest BCUT2D eigenvalue weighted by molar-refractivity contribution is -0.113. The van der Waals surface area contributed by atoms with Crippen LogP contribution in [0.1, 0.15) is 5.56 Å². The normalized spacial score (nSPS) is 10.6. The van der Waals surface area contributed by atoms with E-state index in [0.29, 0.717) is 16.0 Å². The number of nitrogen functional groups attached to an aromatic ring is 1. The Morgan fingerprint density at radius 1 is 1.24 bits per heavy atom. The molecule has 1 aromatic heterocycles. The molecule has 0 saturated carbocycles. The highest BCUT2D eigenvalue weighted by Gasteiger charge is 2.14. The largest absolute Gasteiger partial charge is 0.335 e. The molecule has 0 unspecified atom stereocenters. The first-order valence-corrected chi connectivity index (χ1v) is 8.85. The quantitative estimate of drug-likeness (QED) is 0.529. The molecule has 128 valence electrons. The maximum Gasteiger partial charge on any atom is 0.234 e. The zero-order valence-electron chi connectivity index (χ0n) is 13.4. The maximum absolute atomic E-state index is 12.1. The molecule has 0 aliphatic rings. The SMILES string of the molecule is Cc1cccc(NC(=O)CSc2nnc(-c3cccc(Cl)c3)n2N)c1. The number of thioether (sulfide) groups is 1. The Labute approximate surface area is 154 Å². The number of hydrogen-bond acceptors (Lipinski definition) is 5. The number of aromatic nitrogens is 3. The van der Waals surface area contributed by atoms with E-state index in [9.17, 15) is 4.79 Å². The Kier molecular flexibility index (Phi) is 5.25. The second-order valence-corrected chi connectivity index (χ2v) is 6.77. The summed E-state index contributed by atoms with van der Waals surface area (Å²) in [5.74, 6) is 6.57. The van der Waals surface area contributed by atoms with Gasteiger partial charge in [0.2, 0.25) is 11.1 Å². The van der Waals surface area contributed by atoms with Gasteiger partial charge in [-0.25, -0.2) is 4.68 Å². The van der Waals surface area contributed by atoms with Crippen LogP contribution in [0.15, 0.2) is 53.7 Å². The van der Waals surface area contributed by atoms with E-state index in [0.717, 1.165) is 16.8 Å². The third-order valence-electron chi connectivity index (χ3n) is 3.38. The van der Waals surface area contributed by atoms with Crippen molar-refractivity contribution in [1.29, 1.82) is 0 Å². The Bertz CT molecular complexity index is 912. The van der Waals surface area contributed by atoms with E-state index in [4.69, 9.17) is 17.4 Å². The molecule has 1 amide bonds. The predicted octanol–water partition coefficient (Wildman–Crippen LogP) is 3.35. The van der Waals surface area contributed by atoms with Gasteiger partial charge in [-0.2, -0.15) is 0 Å². The number of hydrogen-bond donors (Lipinski definition) is 2. The van der Waals surface area contributed by atoms with Crippen LogP contribution < -0.4 is 11.2 Å². The molecule has 25 heavy (non-hydrogen) atoms. The average Bonchev–Trinajstić information content (AvgIpc) is 2.94. The van der Waals surface area contributed by atoms with Gasteiger partial charge in [-0.1, -0.05) is 47.6 Å². The van der Waals surface area contributed by atoms with Crippen LogP contribution in [0, 0.1) is 6.92 Å². The van der Waals surface area contributed by atoms with Gasteiger partial charge in [-0.05, 0) is 36.8 Å². The van der Waals surface area contributed by atoms with Crippen LogP contribution in [-0.2, 0) is 4.79 Å². The van der Waals surface area contributed by atoms with E-state index < -0.39 is 0 Å². The lowest BCUT2D eigenvalue weighted by Crippen LogP contribution is -2.16. The first-order chi connectivity index (χ1) is 12.0. The Balaban J connectivity index is 1.65. The summed E-state index contributed by atoms with van der Waals surface area (Å²) >= 11 is 7.21. The third-order valence-corrected chi connectivity index (χ3v) is 4.56. The van der Waals surface area contributed by atoms with Crippen LogP contribution in [0.5, 0.6) is 0 Å². The molecule has 2 aromatic carbocycles. The van der Waals surface area contributed by atoms with Crippen LogP contribution in [0.25, 0.3) is 11.4 Å². The van der Waals surface area contributed by atoms with Crippen molar-refractivity contribution in [2.45, 2.75) is 12.1 Å². The molecular weight excluding hydrogens is 358 g/mol. The van der Waals surface area contributed by atoms with Gasteiger partial charge >= 0.3 is 0 Å². The fraction of sp³-hybridized carbons (Fsp3) is 0.118. The number of benzene rings is 2. The first kappa shape index (κ1) is 17.3. The van der Waals surface area contributed by atoms with Gasteiger partial charge in [-0.15, -0.1) is 10.2 Å². The molecule has 0 atom stereocenters. The van der Waals surface area contributed by atoms with Crippen LogP contribution in [0.3, 0.4) is 0 Å². The molecule has 8 heteroatoms. The average molecular weight is 374 g/mol. The van der Waals surface area contributed by atoms with Gasteiger partial charge in [0, 0.05) is 16.3 Å². The second-order valence-electron chi connectivity index (χ2n) is 5.39. The van der Waals surface area contributed by atoms with Crippen molar-refractivity contribution >= 4 is 35.0 Å². The minimum atomic E-state index is -0.136. The van der Waals surface area contributed by atoms with Crippen LogP contribution in [0.4, 0.5) is 5.69 Å². The molecular formula is C17H16ClN5OS. The van der Waals surface area contributed by atoms with Crippen molar-refractivity contribution in [1.82, 2.24) is 14.9 Å². The van der Waals surface area contributed by atoms with Crippen LogP contribution >= 0.6 is 23.4 Å². The summed E-state index contributed by atoms with van der Waals surface area (Å²) in [7, 11) is 0. The molecule has 3 N–H and O–H groups in total. The van der Waals surface area contributed by atoms with Crippen molar-refractivity contribution in [2.75, 3.05) is 16.9 Å². The molecule has 0 fully saturated rings. The summed E-state index contributed by atoms with van der Waals surface area (Å²) in [4.78, 5) is 12.1. The van der Waals surface area contributed by atoms with E-state index in [2.05, 4.69) is 15.5 Å². The number of carbonyl (C=O) groups excluding carboxylic acids is 1. The number of amides is 1. The van der Waals surface area contributed by atoms with Gasteiger partial charge in [0.1, 0.15) is 0 Å². The summed E-state index contributed by atoms with van der Waals surface area (Å²) in [5.41, 5.74) is 2.61. The number of halogens is 1. The number of anilines is 1. The third kappa shape index (κ3) is 4.32. The molecule has 0 aliphatic heterocycles. The molecule has 0 saturated heterocycles. The van der Waals surface area contributed by atoms with Gasteiger partial charge in [0.25, 0.3) is 0 Å². The zero-order chi connectivity index (χ0) is 17.8. The highest BCUT2D eigenvalue weighted by atomic mass is 35.5. The van der Waals surface area contributed by atoms with Crippen LogP contribution in [0.2, 0.25) is 5.02 Å². The Morgan fingerprint density at radius 2 is 2.04 bits per heavy atom. The number of nitrogens with zero attached hydrogens (tertiary/aromatic N) is 3. The molecule has 6 nitrogen and oxygen atoms in total. The van der Waals surface area contributed by atoms with Crippen molar-refractivity contribution in [3.63, 3.8) is 0 Å². The van der Waals surface area contributed by atoms with Crippen molar-refractivity contribution < 1.29 is 4.79 Å². The molecule has 0 spiro atoms. The Morgan fingerprint density at radius 3 is 2.80 bits per heavy atom. The molecule has 0 bridgehead atoms. The van der Waals surface area contributed by atoms with E-state index in [-0.39, 0.29) is 11.7 Å². The topological polar surface area (TPSA) is 85.8 Å². The molecule has 0 radical (unpaired) electrons. The summed E-state index contributed by atoms with van der Waals surface area (Å²) in [6.45, 7) is 1.97. The molecule has 1 heterocycles. The fourth-order valence-electron chi connectivity index (χ4n) is 2.25. The highest BCUT2D eigenvalue weighted by Crippen LogP contribution is 2.24. The monoisotopic (exact) mass is 373 g/mol. The smallest absolute Gasteiger partial charge is 0.234 e. The Hall–Kier alpha value is -2.51. The number of nitrogens with one attached hydrogen (secondary N) is 1. The van der Waals surface area contributed by atoms with Gasteiger partial charge in [0.15, 0.2) is 5.82 Å². The lowest BCUT2D eigenvalue weighted by Gasteiger charge is -2.06. The van der Waals surface area contributed by atoms with Gasteiger partial charge < -0.3 is 11.2 Å². The summed E-state index contributed by atoms with van der Waals surface area (Å²) in [6.07, 6.45) is 0. The van der Waals surface area contributed by atoms with E-state index in [1.54, 1.807) is 12.1 Å². The van der Waals surface area contributed by atoms with E-state index >= 15 is 0 Å². The highest BCUT2D eigenvalue weighted by molar-refractivity contribution is 7.99. The van der Waals surface area contributed by atoms with Crippen LogP contribution in [-0.4, -0.2) is 26.5 Å². The van der Waals surface area contributed by atoms with Gasteiger partial charge in [-0.3, -0.25) is 4.79 Å². The van der Waals surface area contributed by atoms with Crippen molar-refractivity contribution in [2.24, 2.45) is 0 Å². The number of aryl methyl sites for hydroxylation is 1. The summed E-state index contributed by atoms with van der Waals surface area (Å²) < 4.78 is 1.36. The minimum absolute atomic E-state index is 0.136. The molecule has 3 rings (SSSR count). The second kappa shape index (κ2) is 7.58. The van der Waals surface area contributed by atoms with Crippen molar-refractivity contribution in [3.8, 4) is 11.4 Å². The van der Waals surface area contributed by atoms with Gasteiger partial charge in [0.05, 0.1) is 5.75 Å². The maximum atomic E-state index is 12.1. The summed E-state index contributed by atoms with van der Waals surface area (Å²) in [6, 6.07) is 14.8.